The van der Waals surface area contributed by atoms with E-state index in [0.29, 0.717) is 0 Å². The van der Waals surface area contributed by atoms with E-state index in [9.17, 15) is 0 Å². The van der Waals surface area contributed by atoms with Gasteiger partial charge in [0.1, 0.15) is 11.4 Å². The molecule has 0 spiro atoms. The molecule has 0 fully saturated rings. The minimum atomic E-state index is 0.860. The second-order valence-corrected chi connectivity index (χ2v) is 10.9. The van der Waals surface area contributed by atoms with Crippen molar-refractivity contribution < 1.29 is 0 Å². The molecule has 0 amide bonds. The lowest BCUT2D eigenvalue weighted by Crippen LogP contribution is -2.01. The van der Waals surface area contributed by atoms with Crippen LogP contribution in [-0.4, -0.2) is 29.1 Å². The number of hydrogen-bond donors (Lipinski definition) is 0. The van der Waals surface area contributed by atoms with Gasteiger partial charge in [-0.1, -0.05) is 54.6 Å². The van der Waals surface area contributed by atoms with Crippen molar-refractivity contribution in [2.24, 2.45) is 14.1 Å². The van der Waals surface area contributed by atoms with Gasteiger partial charge in [-0.15, -0.1) is 0 Å². The van der Waals surface area contributed by atoms with Crippen LogP contribution in [0.15, 0.2) is 103 Å². The van der Waals surface area contributed by atoms with Crippen molar-refractivity contribution in [1.82, 2.24) is 29.1 Å². The molecular weight excluding hydrogens is 516 g/mol. The number of aryl methyl sites for hydroxylation is 1. The number of fused-ring (bicyclic) bond motifs is 3. The van der Waals surface area contributed by atoms with E-state index < -0.39 is 0 Å². The van der Waals surface area contributed by atoms with E-state index in [2.05, 4.69) is 95.1 Å². The van der Waals surface area contributed by atoms with Crippen LogP contribution in [0.1, 0.15) is 17.8 Å². The highest BCUT2D eigenvalue weighted by atomic mass is 15.1. The molecule has 1 aliphatic carbocycles. The van der Waals surface area contributed by atoms with Crippen LogP contribution in [0.2, 0.25) is 0 Å². The standard InChI is InChI=1S/C36H28N6/c1-41-33-9-5-3-7-29(33)39-35(41)31-17-15-26(21-37-31)24-13-11-23-12-14-25(20-28(23)19-24)27-16-18-32(38-22-27)36-40-30-8-4-6-10-34(30)42(36)2/h3-5,7-9,11-22H,6,10H2,1-2H3. The van der Waals surface area contributed by atoms with Gasteiger partial charge in [0.05, 0.1) is 16.7 Å². The van der Waals surface area contributed by atoms with Gasteiger partial charge in [-0.05, 0) is 77.2 Å². The summed E-state index contributed by atoms with van der Waals surface area (Å²) in [6.45, 7) is 0. The normalized spacial score (nSPS) is 12.7. The number of nitrogens with zero attached hydrogens (tertiary/aromatic N) is 6. The maximum Gasteiger partial charge on any atom is 0.159 e. The van der Waals surface area contributed by atoms with Gasteiger partial charge in [0.15, 0.2) is 11.6 Å². The molecule has 0 saturated carbocycles. The van der Waals surface area contributed by atoms with Crippen molar-refractivity contribution in [3.05, 3.63) is 115 Å². The summed E-state index contributed by atoms with van der Waals surface area (Å²) in [6.07, 6.45) is 10.3. The molecular formula is C36H28N6. The molecule has 6 nitrogen and oxygen atoms in total. The Morgan fingerprint density at radius 3 is 1.88 bits per heavy atom. The largest absolute Gasteiger partial charge is 0.329 e. The smallest absolute Gasteiger partial charge is 0.159 e. The Hall–Kier alpha value is -5.36. The van der Waals surface area contributed by atoms with Crippen LogP contribution < -0.4 is 0 Å². The highest BCUT2D eigenvalue weighted by Crippen LogP contribution is 2.31. The summed E-state index contributed by atoms with van der Waals surface area (Å²) in [5, 5.41) is 2.38. The molecule has 0 unspecified atom stereocenters. The fourth-order valence-electron chi connectivity index (χ4n) is 6.00. The lowest BCUT2D eigenvalue weighted by molar-refractivity contribution is 0.806. The molecule has 0 saturated heterocycles. The average Bonchev–Trinajstić information content (AvgIpc) is 3.57. The van der Waals surface area contributed by atoms with Gasteiger partial charge in [0, 0.05) is 43.3 Å². The van der Waals surface area contributed by atoms with E-state index in [-0.39, 0.29) is 0 Å². The van der Waals surface area contributed by atoms with Crippen LogP contribution in [0, 0.1) is 0 Å². The molecule has 3 aromatic carbocycles. The minimum absolute atomic E-state index is 0.860. The van der Waals surface area contributed by atoms with Gasteiger partial charge in [-0.2, -0.15) is 0 Å². The van der Waals surface area contributed by atoms with Gasteiger partial charge < -0.3 is 9.13 Å². The number of rotatable bonds is 4. The van der Waals surface area contributed by atoms with Crippen LogP contribution in [0.3, 0.4) is 0 Å². The van der Waals surface area contributed by atoms with E-state index in [1.807, 2.05) is 37.6 Å². The molecule has 4 heterocycles. The fraction of sp³-hybridized carbons (Fsp3) is 0.111. The first-order valence-corrected chi connectivity index (χ1v) is 14.2. The maximum atomic E-state index is 4.84. The zero-order valence-electron chi connectivity index (χ0n) is 23.5. The Kier molecular flexibility index (Phi) is 5.60. The number of benzene rings is 3. The summed E-state index contributed by atoms with van der Waals surface area (Å²) < 4.78 is 4.27. The molecule has 0 N–H and O–H groups in total. The van der Waals surface area contributed by atoms with Crippen molar-refractivity contribution >= 4 is 27.9 Å². The molecule has 4 aromatic heterocycles. The van der Waals surface area contributed by atoms with Gasteiger partial charge in [0.2, 0.25) is 0 Å². The van der Waals surface area contributed by atoms with E-state index in [4.69, 9.17) is 19.9 Å². The van der Waals surface area contributed by atoms with Gasteiger partial charge in [-0.3, -0.25) is 9.97 Å². The average molecular weight is 545 g/mol. The number of allylic oxidation sites excluding steroid dienone is 1. The summed E-state index contributed by atoms with van der Waals surface area (Å²) in [5.74, 6) is 1.78. The van der Waals surface area contributed by atoms with E-state index in [1.54, 1.807) is 0 Å². The SMILES string of the molecule is Cn1c(-c2ccc(-c3ccc4ccc(-c5ccc(-c6nc7ccccc7n6C)nc5)cc4c3)cn2)nc2c1CCC=C2. The summed E-state index contributed by atoms with van der Waals surface area (Å²) in [7, 11) is 4.12. The second-order valence-electron chi connectivity index (χ2n) is 10.9. The van der Waals surface area contributed by atoms with E-state index >= 15 is 0 Å². The van der Waals surface area contributed by atoms with Crippen LogP contribution in [0.25, 0.3) is 73.2 Å². The third-order valence-corrected chi connectivity index (χ3v) is 8.35. The Morgan fingerprint density at radius 2 is 1.26 bits per heavy atom. The van der Waals surface area contributed by atoms with E-state index in [1.165, 1.54) is 16.5 Å². The van der Waals surface area contributed by atoms with Crippen molar-refractivity contribution in [2.75, 3.05) is 0 Å². The van der Waals surface area contributed by atoms with Crippen molar-refractivity contribution in [3.8, 4) is 45.3 Å². The molecule has 7 aromatic rings. The number of aromatic nitrogens is 6. The molecule has 6 heteroatoms. The molecule has 0 aliphatic heterocycles. The minimum Gasteiger partial charge on any atom is -0.329 e. The Labute approximate surface area is 243 Å². The highest BCUT2D eigenvalue weighted by Gasteiger charge is 2.17. The zero-order valence-corrected chi connectivity index (χ0v) is 23.5. The lowest BCUT2D eigenvalue weighted by Gasteiger charge is -2.09. The first kappa shape index (κ1) is 24.4. The summed E-state index contributed by atoms with van der Waals surface area (Å²) in [5.41, 5.74) is 10.6. The molecule has 1 aliphatic rings. The van der Waals surface area contributed by atoms with Crippen molar-refractivity contribution in [3.63, 3.8) is 0 Å². The summed E-state index contributed by atoms with van der Waals surface area (Å²) >= 11 is 0. The number of hydrogen-bond acceptors (Lipinski definition) is 4. The lowest BCUT2D eigenvalue weighted by atomic mass is 9.98. The van der Waals surface area contributed by atoms with Crippen LogP contribution >= 0.6 is 0 Å². The number of para-hydroxylation sites is 2. The topological polar surface area (TPSA) is 61.4 Å². The predicted molar refractivity (Wildman–Crippen MR) is 170 cm³/mol. The summed E-state index contributed by atoms with van der Waals surface area (Å²) in [6, 6.07) is 29.7. The number of pyridine rings is 2. The van der Waals surface area contributed by atoms with Crippen molar-refractivity contribution in [1.29, 1.82) is 0 Å². The number of imidazole rings is 2. The molecule has 0 atom stereocenters. The predicted octanol–water partition coefficient (Wildman–Crippen LogP) is 7.88. The van der Waals surface area contributed by atoms with E-state index in [0.717, 1.165) is 74.9 Å². The highest BCUT2D eigenvalue weighted by molar-refractivity contribution is 5.91. The van der Waals surface area contributed by atoms with Crippen LogP contribution in [0.4, 0.5) is 0 Å². The van der Waals surface area contributed by atoms with Gasteiger partial charge >= 0.3 is 0 Å². The fourth-order valence-corrected chi connectivity index (χ4v) is 6.00. The third kappa shape index (κ3) is 4.03. The Bertz CT molecular complexity index is 2150. The molecule has 42 heavy (non-hydrogen) atoms. The van der Waals surface area contributed by atoms with Crippen LogP contribution in [0.5, 0.6) is 0 Å². The zero-order chi connectivity index (χ0) is 28.2. The Morgan fingerprint density at radius 1 is 0.619 bits per heavy atom. The second kappa shape index (κ2) is 9.63. The van der Waals surface area contributed by atoms with Gasteiger partial charge in [0.25, 0.3) is 0 Å². The quantitative estimate of drug-likeness (QED) is 0.226. The molecule has 8 rings (SSSR count). The Balaban J connectivity index is 1.08. The maximum absolute atomic E-state index is 4.84. The third-order valence-electron chi connectivity index (χ3n) is 8.35. The van der Waals surface area contributed by atoms with Gasteiger partial charge in [-0.25, -0.2) is 9.97 Å². The first-order valence-electron chi connectivity index (χ1n) is 14.2. The molecule has 0 radical (unpaired) electrons. The molecule has 202 valence electrons. The monoisotopic (exact) mass is 544 g/mol. The van der Waals surface area contributed by atoms with Crippen molar-refractivity contribution in [2.45, 2.75) is 12.8 Å². The summed E-state index contributed by atoms with van der Waals surface area (Å²) in [4.78, 5) is 19.2. The first-order chi connectivity index (χ1) is 20.6. The molecule has 0 bridgehead atoms. The van der Waals surface area contributed by atoms with Crippen LogP contribution in [-0.2, 0) is 20.5 Å².